The Hall–Kier alpha value is -0.570. The number of carbonyl (C=O) groups is 1. The normalized spacial score (nSPS) is 22.1. The minimum absolute atomic E-state index is 0.328. The van der Waals surface area contributed by atoms with Gasteiger partial charge in [0, 0.05) is 6.42 Å². The molecular formula is C15H28O3. The largest absolute Gasteiger partial charge is 0.481 e. The molecule has 3 nitrogen and oxygen atoms in total. The molecule has 2 unspecified atom stereocenters. The summed E-state index contributed by atoms with van der Waals surface area (Å²) in [7, 11) is 0. The van der Waals surface area contributed by atoms with Crippen LogP contribution in [0.15, 0.2) is 0 Å². The van der Waals surface area contributed by atoms with E-state index in [1.807, 2.05) is 0 Å². The zero-order valence-electron chi connectivity index (χ0n) is 11.7. The zero-order chi connectivity index (χ0) is 13.2. The number of aliphatic carboxylic acids is 1. The van der Waals surface area contributed by atoms with Crippen LogP contribution < -0.4 is 0 Å². The molecule has 0 radical (unpaired) electrons. The average molecular weight is 256 g/mol. The first kappa shape index (κ1) is 15.5. The van der Waals surface area contributed by atoms with Crippen LogP contribution in [0.5, 0.6) is 0 Å². The van der Waals surface area contributed by atoms with E-state index in [9.17, 15) is 4.79 Å². The molecule has 0 bridgehead atoms. The highest BCUT2D eigenvalue weighted by atomic mass is 16.6. The number of hydrogen-bond acceptors (Lipinski definition) is 2. The Morgan fingerprint density at radius 3 is 2.11 bits per heavy atom. The first-order valence-corrected chi connectivity index (χ1v) is 7.61. The van der Waals surface area contributed by atoms with Gasteiger partial charge in [-0.3, -0.25) is 4.79 Å². The lowest BCUT2D eigenvalue weighted by Gasteiger charge is -2.00. The van der Waals surface area contributed by atoms with Crippen molar-refractivity contribution in [2.45, 2.75) is 89.8 Å². The maximum Gasteiger partial charge on any atom is 0.303 e. The summed E-state index contributed by atoms with van der Waals surface area (Å²) in [5, 5.41) is 8.49. The molecule has 1 aliphatic heterocycles. The molecule has 1 rings (SSSR count). The lowest BCUT2D eigenvalue weighted by Crippen LogP contribution is -1.95. The van der Waals surface area contributed by atoms with Crippen molar-refractivity contribution < 1.29 is 14.6 Å². The summed E-state index contributed by atoms with van der Waals surface area (Å²) in [5.74, 6) is -0.668. The second-order valence-corrected chi connectivity index (χ2v) is 5.41. The Labute approximate surface area is 111 Å². The SMILES string of the molecule is CCCCC1OC1CCCCCCCCC(=O)O. The summed E-state index contributed by atoms with van der Waals surface area (Å²) in [4.78, 5) is 10.3. The van der Waals surface area contributed by atoms with Crippen LogP contribution in [0.25, 0.3) is 0 Å². The Bertz CT molecular complexity index is 228. The topological polar surface area (TPSA) is 49.8 Å². The first-order valence-electron chi connectivity index (χ1n) is 7.61. The molecule has 1 aliphatic rings. The number of carboxylic acid groups (broad SMARTS) is 1. The molecule has 3 heteroatoms. The predicted octanol–water partition coefficient (Wildman–Crippen LogP) is 4.15. The van der Waals surface area contributed by atoms with E-state index < -0.39 is 5.97 Å². The quantitative estimate of drug-likeness (QED) is 0.421. The van der Waals surface area contributed by atoms with Crippen molar-refractivity contribution in [1.82, 2.24) is 0 Å². The standard InChI is InChI=1S/C15H28O3/c1-2-3-10-13-14(18-13)11-8-6-4-5-7-9-12-15(16)17/h13-14H,2-12H2,1H3,(H,16,17). The number of carboxylic acids is 1. The van der Waals surface area contributed by atoms with Gasteiger partial charge in [-0.2, -0.15) is 0 Å². The molecule has 18 heavy (non-hydrogen) atoms. The van der Waals surface area contributed by atoms with Crippen LogP contribution in [0, 0.1) is 0 Å². The molecule has 0 saturated carbocycles. The van der Waals surface area contributed by atoms with Gasteiger partial charge in [0.2, 0.25) is 0 Å². The molecule has 106 valence electrons. The molecule has 0 aliphatic carbocycles. The minimum atomic E-state index is -0.668. The highest BCUT2D eigenvalue weighted by Gasteiger charge is 2.36. The van der Waals surface area contributed by atoms with Gasteiger partial charge in [-0.25, -0.2) is 0 Å². The van der Waals surface area contributed by atoms with E-state index in [0.717, 1.165) is 12.8 Å². The van der Waals surface area contributed by atoms with Crippen LogP contribution >= 0.6 is 0 Å². The Morgan fingerprint density at radius 1 is 0.944 bits per heavy atom. The van der Waals surface area contributed by atoms with Crippen LogP contribution in [0.3, 0.4) is 0 Å². The lowest BCUT2D eigenvalue weighted by molar-refractivity contribution is -0.137. The van der Waals surface area contributed by atoms with Crippen LogP contribution in [-0.4, -0.2) is 23.3 Å². The van der Waals surface area contributed by atoms with Crippen molar-refractivity contribution in [3.05, 3.63) is 0 Å². The number of ether oxygens (including phenoxy) is 1. The summed E-state index contributed by atoms with van der Waals surface area (Å²) < 4.78 is 5.63. The Kier molecular flexibility index (Phi) is 8.06. The fraction of sp³-hybridized carbons (Fsp3) is 0.933. The summed E-state index contributed by atoms with van der Waals surface area (Å²) in [5.41, 5.74) is 0. The molecule has 2 atom stereocenters. The lowest BCUT2D eigenvalue weighted by atomic mass is 10.0. The maximum absolute atomic E-state index is 10.3. The van der Waals surface area contributed by atoms with Crippen molar-refractivity contribution in [3.8, 4) is 0 Å². The summed E-state index contributed by atoms with van der Waals surface area (Å²) in [6.45, 7) is 2.22. The molecule has 0 spiro atoms. The van der Waals surface area contributed by atoms with Gasteiger partial charge in [0.15, 0.2) is 0 Å². The highest BCUT2D eigenvalue weighted by Crippen LogP contribution is 2.31. The minimum Gasteiger partial charge on any atom is -0.481 e. The maximum atomic E-state index is 10.3. The molecular weight excluding hydrogens is 228 g/mol. The van der Waals surface area contributed by atoms with Gasteiger partial charge < -0.3 is 9.84 Å². The first-order chi connectivity index (χ1) is 8.74. The molecule has 1 N–H and O–H groups in total. The van der Waals surface area contributed by atoms with E-state index in [1.54, 1.807) is 0 Å². The number of epoxide rings is 1. The fourth-order valence-corrected chi connectivity index (χ4v) is 2.42. The second-order valence-electron chi connectivity index (χ2n) is 5.41. The van der Waals surface area contributed by atoms with E-state index >= 15 is 0 Å². The van der Waals surface area contributed by atoms with E-state index in [-0.39, 0.29) is 0 Å². The van der Waals surface area contributed by atoms with Crippen LogP contribution in [0.2, 0.25) is 0 Å². The van der Waals surface area contributed by atoms with Crippen molar-refractivity contribution >= 4 is 5.97 Å². The van der Waals surface area contributed by atoms with Crippen LogP contribution in [-0.2, 0) is 9.53 Å². The molecule has 0 aromatic rings. The van der Waals surface area contributed by atoms with Gasteiger partial charge in [-0.05, 0) is 19.3 Å². The average Bonchev–Trinajstić information content (AvgIpc) is 3.08. The van der Waals surface area contributed by atoms with Gasteiger partial charge in [-0.15, -0.1) is 0 Å². The van der Waals surface area contributed by atoms with Gasteiger partial charge in [0.05, 0.1) is 12.2 Å². The molecule has 1 fully saturated rings. The van der Waals surface area contributed by atoms with Crippen LogP contribution in [0.1, 0.15) is 77.6 Å². The number of rotatable bonds is 12. The third-order valence-corrected chi connectivity index (χ3v) is 3.66. The smallest absolute Gasteiger partial charge is 0.303 e. The van der Waals surface area contributed by atoms with Crippen molar-refractivity contribution in [2.75, 3.05) is 0 Å². The third-order valence-electron chi connectivity index (χ3n) is 3.66. The number of hydrogen-bond donors (Lipinski definition) is 1. The molecule has 1 saturated heterocycles. The Morgan fingerprint density at radius 2 is 1.50 bits per heavy atom. The highest BCUT2D eigenvalue weighted by molar-refractivity contribution is 5.66. The van der Waals surface area contributed by atoms with Gasteiger partial charge in [0.25, 0.3) is 0 Å². The van der Waals surface area contributed by atoms with E-state index in [1.165, 1.54) is 51.4 Å². The van der Waals surface area contributed by atoms with E-state index in [2.05, 4.69) is 6.92 Å². The third kappa shape index (κ3) is 7.70. The van der Waals surface area contributed by atoms with Crippen molar-refractivity contribution in [3.63, 3.8) is 0 Å². The Balaban J connectivity index is 1.76. The molecule has 0 amide bonds. The van der Waals surface area contributed by atoms with Crippen LogP contribution in [0.4, 0.5) is 0 Å². The fourth-order valence-electron chi connectivity index (χ4n) is 2.42. The zero-order valence-corrected chi connectivity index (χ0v) is 11.7. The van der Waals surface area contributed by atoms with Crippen molar-refractivity contribution in [1.29, 1.82) is 0 Å². The molecule has 1 heterocycles. The summed E-state index contributed by atoms with van der Waals surface area (Å²) in [6, 6.07) is 0. The summed E-state index contributed by atoms with van der Waals surface area (Å²) in [6.07, 6.45) is 13.3. The van der Waals surface area contributed by atoms with Gasteiger partial charge in [0.1, 0.15) is 0 Å². The van der Waals surface area contributed by atoms with Gasteiger partial charge in [-0.1, -0.05) is 51.9 Å². The van der Waals surface area contributed by atoms with Crippen molar-refractivity contribution in [2.24, 2.45) is 0 Å². The van der Waals surface area contributed by atoms with Gasteiger partial charge >= 0.3 is 5.97 Å². The molecule has 0 aromatic heterocycles. The predicted molar refractivity (Wildman–Crippen MR) is 72.8 cm³/mol. The molecule has 0 aromatic carbocycles. The van der Waals surface area contributed by atoms with E-state index in [4.69, 9.17) is 9.84 Å². The summed E-state index contributed by atoms with van der Waals surface area (Å²) >= 11 is 0. The monoisotopic (exact) mass is 256 g/mol. The second kappa shape index (κ2) is 9.37. The van der Waals surface area contributed by atoms with E-state index in [0.29, 0.717) is 18.6 Å². The number of unbranched alkanes of at least 4 members (excludes halogenated alkanes) is 6.